The maximum Gasteiger partial charge on any atom is 0.119 e. The molecule has 0 spiro atoms. The predicted octanol–water partition coefficient (Wildman–Crippen LogP) is 3.43. The molecular weight excluding hydrogens is 260 g/mol. The fourth-order valence-corrected chi connectivity index (χ4v) is 2.82. The van der Waals surface area contributed by atoms with E-state index in [1.165, 1.54) is 24.0 Å². The van der Waals surface area contributed by atoms with E-state index in [4.69, 9.17) is 4.74 Å². The van der Waals surface area contributed by atoms with Crippen LogP contribution in [0.5, 0.6) is 5.75 Å². The van der Waals surface area contributed by atoms with E-state index in [0.717, 1.165) is 18.0 Å². The Labute approximate surface area is 126 Å². The van der Waals surface area contributed by atoms with Gasteiger partial charge in [-0.25, -0.2) is 0 Å². The minimum Gasteiger partial charge on any atom is -0.497 e. The number of nitrogens with zero attached hydrogens (tertiary/aromatic N) is 1. The highest BCUT2D eigenvalue weighted by Gasteiger charge is 2.29. The van der Waals surface area contributed by atoms with E-state index in [2.05, 4.69) is 40.6 Å². The van der Waals surface area contributed by atoms with Crippen molar-refractivity contribution in [2.75, 3.05) is 7.11 Å². The maximum atomic E-state index is 5.29. The molecule has 0 saturated heterocycles. The van der Waals surface area contributed by atoms with Crippen LogP contribution in [0, 0.1) is 6.92 Å². The van der Waals surface area contributed by atoms with E-state index in [0.29, 0.717) is 12.0 Å². The third kappa shape index (κ3) is 3.42. The average molecular weight is 282 g/mol. The van der Waals surface area contributed by atoms with Crippen molar-refractivity contribution < 1.29 is 4.74 Å². The molecule has 0 bridgehead atoms. The van der Waals surface area contributed by atoms with Crippen LogP contribution >= 0.6 is 0 Å². The van der Waals surface area contributed by atoms with Crippen LogP contribution in [0.4, 0.5) is 0 Å². The molecule has 1 saturated carbocycles. The van der Waals surface area contributed by atoms with Gasteiger partial charge in [-0.2, -0.15) is 0 Å². The van der Waals surface area contributed by atoms with Gasteiger partial charge in [-0.15, -0.1) is 0 Å². The zero-order valence-electron chi connectivity index (χ0n) is 12.7. The number of aryl methyl sites for hydroxylation is 1. The van der Waals surface area contributed by atoms with Gasteiger partial charge in [0.05, 0.1) is 7.11 Å². The van der Waals surface area contributed by atoms with E-state index >= 15 is 0 Å². The second-order valence-corrected chi connectivity index (χ2v) is 5.83. The molecule has 0 radical (unpaired) electrons. The summed E-state index contributed by atoms with van der Waals surface area (Å²) in [5, 5.41) is 3.61. The van der Waals surface area contributed by atoms with E-state index in [-0.39, 0.29) is 0 Å². The van der Waals surface area contributed by atoms with Gasteiger partial charge in [0.15, 0.2) is 0 Å². The molecule has 0 aliphatic heterocycles. The van der Waals surface area contributed by atoms with Gasteiger partial charge >= 0.3 is 0 Å². The van der Waals surface area contributed by atoms with Gasteiger partial charge in [0, 0.05) is 24.5 Å². The third-order valence-corrected chi connectivity index (χ3v) is 4.27. The highest BCUT2D eigenvalue weighted by atomic mass is 16.5. The summed E-state index contributed by atoms with van der Waals surface area (Å²) in [6.45, 7) is 2.92. The largest absolute Gasteiger partial charge is 0.497 e. The molecule has 1 aromatic heterocycles. The predicted molar refractivity (Wildman–Crippen MR) is 84.6 cm³/mol. The molecule has 3 rings (SSSR count). The Morgan fingerprint density at radius 1 is 1.24 bits per heavy atom. The van der Waals surface area contributed by atoms with Crippen LogP contribution in [0.1, 0.15) is 35.6 Å². The summed E-state index contributed by atoms with van der Waals surface area (Å²) < 4.78 is 5.29. The Bertz CT molecular complexity index is 588. The van der Waals surface area contributed by atoms with Crippen LogP contribution in [0.25, 0.3) is 0 Å². The molecule has 1 fully saturated rings. The van der Waals surface area contributed by atoms with Crippen LogP contribution in [-0.2, 0) is 6.54 Å². The second kappa shape index (κ2) is 6.27. The quantitative estimate of drug-likeness (QED) is 0.912. The third-order valence-electron chi connectivity index (χ3n) is 4.27. The minimum atomic E-state index is 0.613. The Kier molecular flexibility index (Phi) is 4.20. The zero-order valence-corrected chi connectivity index (χ0v) is 12.7. The molecule has 2 aromatic rings. The fraction of sp³-hybridized carbons (Fsp3) is 0.389. The Balaban J connectivity index is 1.48. The summed E-state index contributed by atoms with van der Waals surface area (Å²) in [5.74, 6) is 1.61. The van der Waals surface area contributed by atoms with Gasteiger partial charge < -0.3 is 10.1 Å². The highest BCUT2D eigenvalue weighted by molar-refractivity contribution is 5.32. The molecule has 3 heteroatoms. The van der Waals surface area contributed by atoms with Gasteiger partial charge in [-0.05, 0) is 55.0 Å². The molecule has 0 amide bonds. The first-order valence-corrected chi connectivity index (χ1v) is 7.53. The maximum absolute atomic E-state index is 5.29. The molecule has 110 valence electrons. The van der Waals surface area contributed by atoms with E-state index in [9.17, 15) is 0 Å². The first kappa shape index (κ1) is 14.1. The summed E-state index contributed by atoms with van der Waals surface area (Å²) in [6, 6.07) is 13.3. The summed E-state index contributed by atoms with van der Waals surface area (Å²) >= 11 is 0. The molecule has 0 atom stereocenters. The van der Waals surface area contributed by atoms with E-state index in [1.807, 2.05) is 19.2 Å². The molecule has 1 N–H and O–H groups in total. The lowest BCUT2D eigenvalue weighted by atomic mass is 9.76. The Morgan fingerprint density at radius 2 is 2.10 bits per heavy atom. The first-order chi connectivity index (χ1) is 10.2. The number of ether oxygens (including phenoxy) is 1. The normalized spacial score (nSPS) is 20.9. The number of hydrogen-bond acceptors (Lipinski definition) is 3. The van der Waals surface area contributed by atoms with Crippen LogP contribution in [0.2, 0.25) is 0 Å². The fourth-order valence-electron chi connectivity index (χ4n) is 2.82. The minimum absolute atomic E-state index is 0.613. The summed E-state index contributed by atoms with van der Waals surface area (Å²) in [4.78, 5) is 4.33. The number of nitrogens with one attached hydrogen (secondary N) is 1. The lowest BCUT2D eigenvalue weighted by molar-refractivity contribution is 0.288. The van der Waals surface area contributed by atoms with Crippen molar-refractivity contribution in [2.24, 2.45) is 0 Å². The van der Waals surface area contributed by atoms with E-state index < -0.39 is 0 Å². The lowest BCUT2D eigenvalue weighted by Gasteiger charge is -2.36. The molecule has 21 heavy (non-hydrogen) atoms. The Morgan fingerprint density at radius 3 is 2.81 bits per heavy atom. The number of methoxy groups -OCH3 is 1. The van der Waals surface area contributed by atoms with Gasteiger partial charge in [0.25, 0.3) is 0 Å². The molecule has 1 aliphatic rings. The number of hydrogen-bond donors (Lipinski definition) is 1. The van der Waals surface area contributed by atoms with Crippen molar-refractivity contribution in [3.63, 3.8) is 0 Å². The highest BCUT2D eigenvalue weighted by Crippen LogP contribution is 2.38. The van der Waals surface area contributed by atoms with E-state index in [1.54, 1.807) is 7.11 Å². The van der Waals surface area contributed by atoms with Crippen molar-refractivity contribution in [3.8, 4) is 5.75 Å². The van der Waals surface area contributed by atoms with Gasteiger partial charge in [0.1, 0.15) is 5.75 Å². The number of aromatic nitrogens is 1. The topological polar surface area (TPSA) is 34.1 Å². The summed E-state index contributed by atoms with van der Waals surface area (Å²) in [5.41, 5.74) is 3.72. The molecule has 0 unspecified atom stereocenters. The molecule has 3 nitrogen and oxygen atoms in total. The number of benzene rings is 1. The zero-order chi connectivity index (χ0) is 14.7. The van der Waals surface area contributed by atoms with Crippen molar-refractivity contribution in [1.29, 1.82) is 0 Å². The van der Waals surface area contributed by atoms with Crippen molar-refractivity contribution in [1.82, 2.24) is 10.3 Å². The molecule has 1 heterocycles. The molecular formula is C18H22N2O. The summed E-state index contributed by atoms with van der Waals surface area (Å²) in [7, 11) is 1.72. The van der Waals surface area contributed by atoms with Gasteiger partial charge in [-0.1, -0.05) is 18.2 Å². The van der Waals surface area contributed by atoms with Crippen LogP contribution < -0.4 is 10.1 Å². The van der Waals surface area contributed by atoms with Crippen molar-refractivity contribution >= 4 is 0 Å². The second-order valence-electron chi connectivity index (χ2n) is 5.83. The number of pyridine rings is 1. The van der Waals surface area contributed by atoms with Crippen LogP contribution in [0.15, 0.2) is 42.6 Å². The summed E-state index contributed by atoms with van der Waals surface area (Å²) in [6.07, 6.45) is 4.36. The first-order valence-electron chi connectivity index (χ1n) is 7.53. The Hall–Kier alpha value is -1.87. The van der Waals surface area contributed by atoms with Gasteiger partial charge in [0.2, 0.25) is 0 Å². The van der Waals surface area contributed by atoms with Crippen LogP contribution in [0.3, 0.4) is 0 Å². The number of rotatable bonds is 5. The smallest absolute Gasteiger partial charge is 0.119 e. The lowest BCUT2D eigenvalue weighted by Crippen LogP contribution is -2.39. The SMILES string of the molecule is COc1cccc(C2CC(NCc3ccc(C)nc3)C2)c1. The van der Waals surface area contributed by atoms with Crippen molar-refractivity contribution in [3.05, 3.63) is 59.4 Å². The molecule has 1 aromatic carbocycles. The standard InChI is InChI=1S/C18H22N2O/c1-13-6-7-14(11-19-13)12-20-17-8-16(9-17)15-4-3-5-18(10-15)21-2/h3-7,10-11,16-17,20H,8-9,12H2,1-2H3. The average Bonchev–Trinajstić information content (AvgIpc) is 2.48. The van der Waals surface area contributed by atoms with Crippen LogP contribution in [-0.4, -0.2) is 18.1 Å². The van der Waals surface area contributed by atoms with Crippen molar-refractivity contribution in [2.45, 2.75) is 38.3 Å². The van der Waals surface area contributed by atoms with Gasteiger partial charge in [-0.3, -0.25) is 4.98 Å². The monoisotopic (exact) mass is 282 g/mol. The molecule has 1 aliphatic carbocycles.